The van der Waals surface area contributed by atoms with Gasteiger partial charge in [0.05, 0.1) is 6.61 Å². The van der Waals surface area contributed by atoms with Crippen LogP contribution in [0.4, 0.5) is 5.69 Å². The molecule has 0 aliphatic rings. The van der Waals surface area contributed by atoms with Crippen molar-refractivity contribution in [2.45, 2.75) is 13.0 Å². The summed E-state index contributed by atoms with van der Waals surface area (Å²) in [5.41, 5.74) is 1.18. The zero-order chi connectivity index (χ0) is 14.4. The molecule has 0 heterocycles. The number of ether oxygens (including phenoxy) is 1. The van der Waals surface area contributed by atoms with Crippen molar-refractivity contribution in [2.75, 3.05) is 11.9 Å². The number of hydrogen-bond donors (Lipinski definition) is 2. The quantitative estimate of drug-likeness (QED) is 0.879. The maximum Gasteiger partial charge on any atom is 0.257 e. The van der Waals surface area contributed by atoms with Crippen LogP contribution < -0.4 is 10.1 Å². The molecule has 0 fully saturated rings. The fourth-order valence-electron chi connectivity index (χ4n) is 1.80. The number of benzene rings is 2. The third-order valence-corrected chi connectivity index (χ3v) is 2.80. The largest absolute Gasteiger partial charge is 0.494 e. The third-order valence-electron chi connectivity index (χ3n) is 2.80. The number of nitrogens with one attached hydrogen (secondary N) is 1. The van der Waals surface area contributed by atoms with Gasteiger partial charge < -0.3 is 15.2 Å². The molecule has 0 aliphatic carbocycles. The average molecular weight is 271 g/mol. The summed E-state index contributed by atoms with van der Waals surface area (Å²) in [5, 5.41) is 12.6. The van der Waals surface area contributed by atoms with E-state index < -0.39 is 12.0 Å². The Bertz CT molecular complexity index is 552. The Kier molecular flexibility index (Phi) is 4.74. The smallest absolute Gasteiger partial charge is 0.257 e. The molecule has 2 N–H and O–H groups in total. The van der Waals surface area contributed by atoms with Gasteiger partial charge in [-0.1, -0.05) is 30.3 Å². The molecule has 0 spiro atoms. The Hall–Kier alpha value is -2.33. The van der Waals surface area contributed by atoms with Gasteiger partial charge in [-0.3, -0.25) is 4.79 Å². The van der Waals surface area contributed by atoms with Gasteiger partial charge in [0, 0.05) is 5.69 Å². The van der Waals surface area contributed by atoms with Crippen molar-refractivity contribution in [2.24, 2.45) is 0 Å². The minimum Gasteiger partial charge on any atom is -0.494 e. The normalized spacial score (nSPS) is 11.7. The molecular formula is C16H17NO3. The maximum absolute atomic E-state index is 11.9. The number of rotatable bonds is 5. The molecule has 2 aromatic carbocycles. The highest BCUT2D eigenvalue weighted by Gasteiger charge is 2.16. The maximum atomic E-state index is 11.9. The summed E-state index contributed by atoms with van der Waals surface area (Å²) in [6.45, 7) is 2.50. The zero-order valence-corrected chi connectivity index (χ0v) is 11.2. The average Bonchev–Trinajstić information content (AvgIpc) is 2.49. The molecule has 1 unspecified atom stereocenters. The Morgan fingerprint density at radius 2 is 1.80 bits per heavy atom. The first kappa shape index (κ1) is 14.1. The predicted octanol–water partition coefficient (Wildman–Crippen LogP) is 2.76. The number of anilines is 1. The van der Waals surface area contributed by atoms with Gasteiger partial charge in [-0.2, -0.15) is 0 Å². The number of hydrogen-bond acceptors (Lipinski definition) is 3. The summed E-state index contributed by atoms with van der Waals surface area (Å²) < 4.78 is 5.32. The topological polar surface area (TPSA) is 58.6 Å². The van der Waals surface area contributed by atoms with Crippen molar-refractivity contribution < 1.29 is 14.6 Å². The van der Waals surface area contributed by atoms with E-state index in [0.717, 1.165) is 5.75 Å². The first-order valence-electron chi connectivity index (χ1n) is 6.47. The van der Waals surface area contributed by atoms with Crippen molar-refractivity contribution in [3.8, 4) is 5.75 Å². The Morgan fingerprint density at radius 1 is 1.15 bits per heavy atom. The first-order valence-corrected chi connectivity index (χ1v) is 6.47. The lowest BCUT2D eigenvalue weighted by Crippen LogP contribution is -2.20. The molecule has 2 aromatic rings. The van der Waals surface area contributed by atoms with Gasteiger partial charge in [0.15, 0.2) is 6.10 Å². The Morgan fingerprint density at radius 3 is 2.40 bits per heavy atom. The SMILES string of the molecule is CCOc1ccc(NC(=O)C(O)c2ccccc2)cc1. The van der Waals surface area contributed by atoms with Crippen LogP contribution in [0.15, 0.2) is 54.6 Å². The molecule has 0 radical (unpaired) electrons. The molecule has 0 saturated heterocycles. The predicted molar refractivity (Wildman–Crippen MR) is 77.6 cm³/mol. The number of aliphatic hydroxyl groups excluding tert-OH is 1. The van der Waals surface area contributed by atoms with Gasteiger partial charge in [0.2, 0.25) is 0 Å². The van der Waals surface area contributed by atoms with E-state index in [-0.39, 0.29) is 0 Å². The molecule has 2 rings (SSSR count). The third kappa shape index (κ3) is 3.59. The van der Waals surface area contributed by atoms with Gasteiger partial charge in [0.25, 0.3) is 5.91 Å². The van der Waals surface area contributed by atoms with Gasteiger partial charge >= 0.3 is 0 Å². The second-order valence-electron chi connectivity index (χ2n) is 4.26. The standard InChI is InChI=1S/C16H17NO3/c1-2-20-14-10-8-13(9-11-14)17-16(19)15(18)12-6-4-3-5-7-12/h3-11,15,18H,2H2,1H3,(H,17,19). The summed E-state index contributed by atoms with van der Waals surface area (Å²) in [4.78, 5) is 11.9. The van der Waals surface area contributed by atoms with Crippen LogP contribution in [0.25, 0.3) is 0 Å². The molecule has 104 valence electrons. The highest BCUT2D eigenvalue weighted by atomic mass is 16.5. The van der Waals surface area contributed by atoms with Gasteiger partial charge in [-0.25, -0.2) is 0 Å². The van der Waals surface area contributed by atoms with Crippen molar-refractivity contribution in [3.05, 3.63) is 60.2 Å². The lowest BCUT2D eigenvalue weighted by molar-refractivity contribution is -0.124. The number of aliphatic hydroxyl groups is 1. The minimum absolute atomic E-state index is 0.458. The second-order valence-corrected chi connectivity index (χ2v) is 4.26. The Balaban J connectivity index is 2.00. The number of carbonyl (C=O) groups is 1. The van der Waals surface area contributed by atoms with Crippen molar-refractivity contribution >= 4 is 11.6 Å². The first-order chi connectivity index (χ1) is 9.70. The van der Waals surface area contributed by atoms with E-state index >= 15 is 0 Å². The van der Waals surface area contributed by atoms with Crippen LogP contribution in [0.5, 0.6) is 5.75 Å². The van der Waals surface area contributed by atoms with Crippen molar-refractivity contribution in [1.29, 1.82) is 0 Å². The van der Waals surface area contributed by atoms with Gasteiger partial charge in [-0.05, 0) is 36.8 Å². The fraction of sp³-hybridized carbons (Fsp3) is 0.188. The monoisotopic (exact) mass is 271 g/mol. The molecule has 0 saturated carbocycles. The van der Waals surface area contributed by atoms with E-state index in [1.807, 2.05) is 13.0 Å². The fourth-order valence-corrected chi connectivity index (χ4v) is 1.80. The van der Waals surface area contributed by atoms with Gasteiger partial charge in [-0.15, -0.1) is 0 Å². The molecule has 20 heavy (non-hydrogen) atoms. The molecular weight excluding hydrogens is 254 g/mol. The highest BCUT2D eigenvalue weighted by Crippen LogP contribution is 2.18. The Labute approximate surface area is 118 Å². The van der Waals surface area contributed by atoms with E-state index in [1.165, 1.54) is 0 Å². The van der Waals surface area contributed by atoms with Crippen LogP contribution >= 0.6 is 0 Å². The molecule has 4 nitrogen and oxygen atoms in total. The minimum atomic E-state index is -1.18. The van der Waals surface area contributed by atoms with Crippen LogP contribution in [0.2, 0.25) is 0 Å². The van der Waals surface area contributed by atoms with Crippen LogP contribution in [0, 0.1) is 0 Å². The van der Waals surface area contributed by atoms with Crippen molar-refractivity contribution in [3.63, 3.8) is 0 Å². The van der Waals surface area contributed by atoms with E-state index in [4.69, 9.17) is 4.74 Å². The summed E-state index contributed by atoms with van der Waals surface area (Å²) in [7, 11) is 0. The van der Waals surface area contributed by atoms with Crippen LogP contribution in [-0.4, -0.2) is 17.6 Å². The van der Waals surface area contributed by atoms with Crippen LogP contribution in [0.3, 0.4) is 0 Å². The van der Waals surface area contributed by atoms with Crippen molar-refractivity contribution in [1.82, 2.24) is 0 Å². The van der Waals surface area contributed by atoms with E-state index in [0.29, 0.717) is 17.9 Å². The number of amides is 1. The molecule has 0 bridgehead atoms. The van der Waals surface area contributed by atoms with E-state index in [2.05, 4.69) is 5.32 Å². The number of carbonyl (C=O) groups excluding carboxylic acids is 1. The van der Waals surface area contributed by atoms with Crippen LogP contribution in [0.1, 0.15) is 18.6 Å². The highest BCUT2D eigenvalue weighted by molar-refractivity contribution is 5.94. The summed E-state index contributed by atoms with van der Waals surface area (Å²) in [6.07, 6.45) is -1.18. The van der Waals surface area contributed by atoms with E-state index in [1.54, 1.807) is 48.5 Å². The lowest BCUT2D eigenvalue weighted by Gasteiger charge is -2.12. The van der Waals surface area contributed by atoms with E-state index in [9.17, 15) is 9.90 Å². The lowest BCUT2D eigenvalue weighted by atomic mass is 10.1. The van der Waals surface area contributed by atoms with Crippen LogP contribution in [-0.2, 0) is 4.79 Å². The summed E-state index contributed by atoms with van der Waals surface area (Å²) in [5.74, 6) is 0.287. The summed E-state index contributed by atoms with van der Waals surface area (Å²) >= 11 is 0. The summed E-state index contributed by atoms with van der Waals surface area (Å²) in [6, 6.07) is 15.8. The molecule has 4 heteroatoms. The second kappa shape index (κ2) is 6.73. The molecule has 1 atom stereocenters. The molecule has 1 amide bonds. The molecule has 0 aliphatic heterocycles. The zero-order valence-electron chi connectivity index (χ0n) is 11.2. The molecule has 0 aromatic heterocycles. The van der Waals surface area contributed by atoms with Gasteiger partial charge in [0.1, 0.15) is 5.75 Å².